The van der Waals surface area contributed by atoms with Crippen LogP contribution in [0.3, 0.4) is 0 Å². The molecule has 1 N–H and O–H groups in total. The number of nitrogens with zero attached hydrogens (tertiary/aromatic N) is 1. The van der Waals surface area contributed by atoms with Crippen LogP contribution in [-0.4, -0.2) is 34.1 Å². The minimum absolute atomic E-state index is 0.503. The number of rotatable bonds is 3. The van der Waals surface area contributed by atoms with E-state index in [-0.39, 0.29) is 0 Å². The van der Waals surface area contributed by atoms with Crippen LogP contribution in [0.4, 0.5) is 0 Å². The van der Waals surface area contributed by atoms with Gasteiger partial charge < -0.3 is 5.11 Å². The summed E-state index contributed by atoms with van der Waals surface area (Å²) in [5.41, 5.74) is -0.513. The molecule has 0 amide bonds. The summed E-state index contributed by atoms with van der Waals surface area (Å²) in [5.74, 6) is -0.578. The lowest BCUT2D eigenvalue weighted by Crippen LogP contribution is -2.58. The maximum Gasteiger partial charge on any atom is 0.324 e. The van der Waals surface area contributed by atoms with Crippen LogP contribution in [0.2, 0.25) is 0 Å². The van der Waals surface area contributed by atoms with Gasteiger partial charge in [0, 0.05) is 6.04 Å². The van der Waals surface area contributed by atoms with Crippen molar-refractivity contribution in [3.63, 3.8) is 0 Å². The van der Waals surface area contributed by atoms with Crippen LogP contribution < -0.4 is 0 Å². The Bertz CT molecular complexity index is 259. The number of carbonyl (C=O) groups is 1. The summed E-state index contributed by atoms with van der Waals surface area (Å²) in [5, 5.41) is 9.59. The molecule has 1 atom stereocenters. The molecule has 0 radical (unpaired) electrons. The van der Waals surface area contributed by atoms with E-state index in [4.69, 9.17) is 0 Å². The van der Waals surface area contributed by atoms with Crippen molar-refractivity contribution in [1.29, 1.82) is 0 Å². The van der Waals surface area contributed by atoms with Gasteiger partial charge >= 0.3 is 5.97 Å². The zero-order valence-electron chi connectivity index (χ0n) is 10.2. The molecule has 2 rings (SSSR count). The lowest BCUT2D eigenvalue weighted by molar-refractivity contribution is -0.154. The van der Waals surface area contributed by atoms with Crippen molar-refractivity contribution in [2.24, 2.45) is 0 Å². The molecule has 1 heterocycles. The van der Waals surface area contributed by atoms with Crippen LogP contribution in [-0.2, 0) is 4.79 Å². The van der Waals surface area contributed by atoms with E-state index in [2.05, 4.69) is 11.8 Å². The maximum atomic E-state index is 11.6. The van der Waals surface area contributed by atoms with Crippen LogP contribution in [0, 0.1) is 0 Å². The van der Waals surface area contributed by atoms with Gasteiger partial charge in [0.25, 0.3) is 0 Å². The van der Waals surface area contributed by atoms with E-state index in [1.54, 1.807) is 0 Å². The Hall–Kier alpha value is -0.570. The fourth-order valence-electron chi connectivity index (χ4n) is 3.57. The third-order valence-corrected chi connectivity index (χ3v) is 4.48. The second-order valence-corrected chi connectivity index (χ2v) is 5.30. The Kier molecular flexibility index (Phi) is 3.53. The van der Waals surface area contributed by atoms with E-state index in [1.807, 2.05) is 0 Å². The van der Waals surface area contributed by atoms with Gasteiger partial charge in [-0.15, -0.1) is 0 Å². The number of likely N-dealkylation sites (tertiary alicyclic amines) is 1. The van der Waals surface area contributed by atoms with Crippen molar-refractivity contribution in [2.45, 2.75) is 69.9 Å². The quantitative estimate of drug-likeness (QED) is 0.802. The molecule has 0 aromatic rings. The van der Waals surface area contributed by atoms with Crippen LogP contribution in [0.1, 0.15) is 58.3 Å². The summed E-state index contributed by atoms with van der Waals surface area (Å²) in [6, 6.07) is 0.503. The van der Waals surface area contributed by atoms with Gasteiger partial charge in [-0.3, -0.25) is 9.69 Å². The first-order valence-electron chi connectivity index (χ1n) is 6.71. The van der Waals surface area contributed by atoms with Gasteiger partial charge in [-0.05, 0) is 38.6 Å². The van der Waals surface area contributed by atoms with Crippen molar-refractivity contribution >= 4 is 5.97 Å². The fourth-order valence-corrected chi connectivity index (χ4v) is 3.57. The Morgan fingerprint density at radius 2 is 2.00 bits per heavy atom. The molecular formula is C13H23NO2. The molecule has 0 bridgehead atoms. The first-order valence-corrected chi connectivity index (χ1v) is 6.71. The number of piperidine rings is 1. The Morgan fingerprint density at radius 3 is 2.56 bits per heavy atom. The van der Waals surface area contributed by atoms with Crippen LogP contribution in [0.5, 0.6) is 0 Å². The first kappa shape index (κ1) is 11.9. The molecule has 3 nitrogen and oxygen atoms in total. The van der Waals surface area contributed by atoms with Gasteiger partial charge in [-0.2, -0.15) is 0 Å². The fraction of sp³-hybridized carbons (Fsp3) is 0.923. The van der Waals surface area contributed by atoms with Crippen LogP contribution >= 0.6 is 0 Å². The van der Waals surface area contributed by atoms with Gasteiger partial charge in [0.05, 0.1) is 0 Å². The molecule has 0 aromatic carbocycles. The largest absolute Gasteiger partial charge is 0.480 e. The van der Waals surface area contributed by atoms with Crippen molar-refractivity contribution in [3.8, 4) is 0 Å². The number of hydrogen-bond donors (Lipinski definition) is 1. The number of carboxylic acids is 1. The molecule has 92 valence electrons. The highest BCUT2D eigenvalue weighted by molar-refractivity contribution is 5.79. The van der Waals surface area contributed by atoms with Crippen molar-refractivity contribution in [3.05, 3.63) is 0 Å². The van der Waals surface area contributed by atoms with E-state index in [0.29, 0.717) is 6.04 Å². The summed E-state index contributed by atoms with van der Waals surface area (Å²) in [6.45, 7) is 3.18. The number of aliphatic carboxylic acids is 1. The van der Waals surface area contributed by atoms with E-state index >= 15 is 0 Å². The van der Waals surface area contributed by atoms with Crippen LogP contribution in [0.25, 0.3) is 0 Å². The van der Waals surface area contributed by atoms with Crippen molar-refractivity contribution in [2.75, 3.05) is 6.54 Å². The molecule has 1 unspecified atom stereocenters. The Morgan fingerprint density at radius 1 is 1.31 bits per heavy atom. The molecule has 2 aliphatic rings. The minimum Gasteiger partial charge on any atom is -0.480 e. The summed E-state index contributed by atoms with van der Waals surface area (Å²) in [6.07, 6.45) is 8.60. The summed E-state index contributed by atoms with van der Waals surface area (Å²) in [4.78, 5) is 14.0. The molecule has 1 aliphatic carbocycles. The molecule has 1 saturated carbocycles. The predicted molar refractivity (Wildman–Crippen MR) is 63.5 cm³/mol. The zero-order valence-corrected chi connectivity index (χ0v) is 10.2. The number of hydrogen-bond acceptors (Lipinski definition) is 2. The molecule has 0 aromatic heterocycles. The van der Waals surface area contributed by atoms with E-state index < -0.39 is 11.5 Å². The summed E-state index contributed by atoms with van der Waals surface area (Å²) < 4.78 is 0. The number of carboxylic acid groups (broad SMARTS) is 1. The molecule has 0 spiro atoms. The van der Waals surface area contributed by atoms with E-state index in [9.17, 15) is 9.90 Å². The SMILES string of the molecule is CCC1CCCCN1C1(C(=O)O)CCCC1. The second-order valence-electron chi connectivity index (χ2n) is 5.30. The summed E-state index contributed by atoms with van der Waals surface area (Å²) >= 11 is 0. The topological polar surface area (TPSA) is 40.5 Å². The smallest absolute Gasteiger partial charge is 0.324 e. The summed E-state index contributed by atoms with van der Waals surface area (Å²) in [7, 11) is 0. The second kappa shape index (κ2) is 4.74. The van der Waals surface area contributed by atoms with Gasteiger partial charge in [0.1, 0.15) is 5.54 Å². The molecule has 2 fully saturated rings. The van der Waals surface area contributed by atoms with E-state index in [1.165, 1.54) is 19.3 Å². The molecule has 3 heteroatoms. The highest BCUT2D eigenvalue weighted by atomic mass is 16.4. The predicted octanol–water partition coefficient (Wildman–Crippen LogP) is 2.65. The van der Waals surface area contributed by atoms with Crippen molar-refractivity contribution < 1.29 is 9.90 Å². The zero-order chi connectivity index (χ0) is 11.6. The van der Waals surface area contributed by atoms with Gasteiger partial charge in [0.2, 0.25) is 0 Å². The van der Waals surface area contributed by atoms with Crippen molar-refractivity contribution in [1.82, 2.24) is 4.90 Å². The van der Waals surface area contributed by atoms with Crippen LogP contribution in [0.15, 0.2) is 0 Å². The van der Waals surface area contributed by atoms with Gasteiger partial charge in [-0.1, -0.05) is 26.2 Å². The standard InChI is InChI=1S/C13H23NO2/c1-2-11-7-3-6-10-14(11)13(12(15)16)8-4-5-9-13/h11H,2-10H2,1H3,(H,15,16). The third kappa shape index (κ3) is 1.86. The maximum absolute atomic E-state index is 11.6. The monoisotopic (exact) mass is 225 g/mol. The Balaban J connectivity index is 2.20. The normalized spacial score (nSPS) is 30.4. The van der Waals surface area contributed by atoms with Gasteiger partial charge in [-0.25, -0.2) is 0 Å². The average molecular weight is 225 g/mol. The Labute approximate surface area is 97.8 Å². The minimum atomic E-state index is -0.578. The molecular weight excluding hydrogens is 202 g/mol. The average Bonchev–Trinajstić information content (AvgIpc) is 2.79. The lowest BCUT2D eigenvalue weighted by Gasteiger charge is -2.45. The molecule has 1 aliphatic heterocycles. The van der Waals surface area contributed by atoms with E-state index in [0.717, 1.165) is 38.6 Å². The molecule has 1 saturated heterocycles. The lowest BCUT2D eigenvalue weighted by atomic mass is 9.88. The van der Waals surface area contributed by atoms with Gasteiger partial charge in [0.15, 0.2) is 0 Å². The first-order chi connectivity index (χ1) is 7.70. The highest BCUT2D eigenvalue weighted by Crippen LogP contribution is 2.39. The highest BCUT2D eigenvalue weighted by Gasteiger charge is 2.48. The third-order valence-electron chi connectivity index (χ3n) is 4.48. The molecule has 16 heavy (non-hydrogen) atoms.